The molecule has 1 unspecified atom stereocenters. The van der Waals surface area contributed by atoms with E-state index < -0.39 is 0 Å². The largest absolute Gasteiger partial charge is 0.317 e. The van der Waals surface area contributed by atoms with Crippen molar-refractivity contribution in [3.8, 4) is 0 Å². The fourth-order valence-corrected chi connectivity index (χ4v) is 3.61. The first-order chi connectivity index (χ1) is 9.03. The van der Waals surface area contributed by atoms with Crippen LogP contribution < -0.4 is 5.32 Å². The number of benzene rings is 1. The lowest BCUT2D eigenvalue weighted by atomic mass is 9.88. The number of Topliss-reactive ketones (excluding diaryl/α,β-unsaturated/α-hetero) is 1. The van der Waals surface area contributed by atoms with E-state index in [0.717, 1.165) is 30.6 Å². The lowest BCUT2D eigenvalue weighted by molar-refractivity contribution is 0.0940. The van der Waals surface area contributed by atoms with E-state index in [2.05, 4.69) is 38.2 Å². The van der Waals surface area contributed by atoms with Gasteiger partial charge in [0.05, 0.1) is 0 Å². The standard InChI is InChI=1S/C17H23NO/c1-11-8-13(3)14(9-12(11)2)16(19)15-10-17(15)4-6-18-7-5-17/h8-9,15,18H,4-7,10H2,1-3H3. The van der Waals surface area contributed by atoms with Gasteiger partial charge in [0.25, 0.3) is 0 Å². The molecule has 1 saturated heterocycles. The van der Waals surface area contributed by atoms with Crippen molar-refractivity contribution in [1.82, 2.24) is 5.32 Å². The molecule has 1 aromatic carbocycles. The Morgan fingerprint density at radius 3 is 2.42 bits per heavy atom. The Hall–Kier alpha value is -1.15. The predicted octanol–water partition coefficient (Wildman–Crippen LogP) is 3.18. The normalized spacial score (nSPS) is 24.5. The van der Waals surface area contributed by atoms with Crippen LogP contribution in [0.1, 0.15) is 46.3 Å². The monoisotopic (exact) mass is 257 g/mol. The van der Waals surface area contributed by atoms with Gasteiger partial charge in [-0.15, -0.1) is 0 Å². The van der Waals surface area contributed by atoms with E-state index in [9.17, 15) is 4.79 Å². The summed E-state index contributed by atoms with van der Waals surface area (Å²) in [6.07, 6.45) is 3.46. The second-order valence-electron chi connectivity index (χ2n) is 6.48. The van der Waals surface area contributed by atoms with Crippen molar-refractivity contribution in [3.05, 3.63) is 34.4 Å². The Balaban J connectivity index is 1.84. The first-order valence-corrected chi connectivity index (χ1v) is 7.36. The minimum Gasteiger partial charge on any atom is -0.317 e. The number of ketones is 1. The number of hydrogen-bond donors (Lipinski definition) is 1. The Kier molecular flexibility index (Phi) is 3.01. The van der Waals surface area contributed by atoms with Crippen molar-refractivity contribution in [1.29, 1.82) is 0 Å². The summed E-state index contributed by atoms with van der Waals surface area (Å²) in [7, 11) is 0. The molecule has 0 amide bonds. The molecule has 3 rings (SSSR count). The average Bonchev–Trinajstić information content (AvgIpc) is 3.07. The Bertz CT molecular complexity index is 526. The van der Waals surface area contributed by atoms with Gasteiger partial charge in [-0.2, -0.15) is 0 Å². The van der Waals surface area contributed by atoms with Gasteiger partial charge in [0.2, 0.25) is 0 Å². The summed E-state index contributed by atoms with van der Waals surface area (Å²) in [5.41, 5.74) is 4.95. The summed E-state index contributed by atoms with van der Waals surface area (Å²) in [5.74, 6) is 0.679. The molecule has 0 radical (unpaired) electrons. The van der Waals surface area contributed by atoms with Crippen LogP contribution in [0.5, 0.6) is 0 Å². The number of aryl methyl sites for hydroxylation is 3. The molecule has 0 bridgehead atoms. The van der Waals surface area contributed by atoms with E-state index in [0.29, 0.717) is 11.2 Å². The van der Waals surface area contributed by atoms with Gasteiger partial charge in [-0.05, 0) is 81.3 Å². The molecule has 1 atom stereocenters. The third-order valence-electron chi connectivity index (χ3n) is 5.21. The van der Waals surface area contributed by atoms with Crippen LogP contribution >= 0.6 is 0 Å². The van der Waals surface area contributed by atoms with Crippen LogP contribution in [0, 0.1) is 32.1 Å². The molecule has 1 heterocycles. The number of hydrogen-bond acceptors (Lipinski definition) is 2. The van der Waals surface area contributed by atoms with Gasteiger partial charge < -0.3 is 5.32 Å². The van der Waals surface area contributed by atoms with E-state index in [4.69, 9.17) is 0 Å². The molecule has 2 aliphatic rings. The van der Waals surface area contributed by atoms with Crippen LogP contribution in [-0.4, -0.2) is 18.9 Å². The highest BCUT2D eigenvalue weighted by molar-refractivity contribution is 6.01. The number of piperidine rings is 1. The maximum atomic E-state index is 12.7. The second-order valence-corrected chi connectivity index (χ2v) is 6.48. The van der Waals surface area contributed by atoms with Crippen molar-refractivity contribution in [2.24, 2.45) is 11.3 Å². The third-order valence-corrected chi connectivity index (χ3v) is 5.21. The average molecular weight is 257 g/mol. The van der Waals surface area contributed by atoms with Gasteiger partial charge in [0.1, 0.15) is 0 Å². The maximum absolute atomic E-state index is 12.7. The van der Waals surface area contributed by atoms with Crippen molar-refractivity contribution in [2.45, 2.75) is 40.0 Å². The Morgan fingerprint density at radius 2 is 1.74 bits per heavy atom. The maximum Gasteiger partial charge on any atom is 0.166 e. The van der Waals surface area contributed by atoms with Crippen molar-refractivity contribution < 1.29 is 4.79 Å². The van der Waals surface area contributed by atoms with Gasteiger partial charge in [0.15, 0.2) is 5.78 Å². The van der Waals surface area contributed by atoms with E-state index in [1.165, 1.54) is 24.0 Å². The lowest BCUT2D eigenvalue weighted by Gasteiger charge is -2.23. The number of carbonyl (C=O) groups excluding carboxylic acids is 1. The molecular weight excluding hydrogens is 234 g/mol. The first kappa shape index (κ1) is 12.9. The van der Waals surface area contributed by atoms with Gasteiger partial charge in [0, 0.05) is 11.5 Å². The van der Waals surface area contributed by atoms with Gasteiger partial charge >= 0.3 is 0 Å². The van der Waals surface area contributed by atoms with E-state index in [1.54, 1.807) is 0 Å². The molecular formula is C17H23NO. The van der Waals surface area contributed by atoms with E-state index in [-0.39, 0.29) is 5.92 Å². The summed E-state index contributed by atoms with van der Waals surface area (Å²) in [5, 5.41) is 3.40. The zero-order valence-corrected chi connectivity index (χ0v) is 12.2. The second kappa shape index (κ2) is 4.45. The number of nitrogens with one attached hydrogen (secondary N) is 1. The molecule has 2 fully saturated rings. The molecule has 2 nitrogen and oxygen atoms in total. The Labute approximate surface area is 115 Å². The first-order valence-electron chi connectivity index (χ1n) is 7.36. The summed E-state index contributed by atoms with van der Waals surface area (Å²) in [4.78, 5) is 12.7. The molecule has 1 aliphatic heterocycles. The van der Waals surface area contributed by atoms with Crippen molar-refractivity contribution in [3.63, 3.8) is 0 Å². The van der Waals surface area contributed by atoms with Gasteiger partial charge in [-0.3, -0.25) is 4.79 Å². The summed E-state index contributed by atoms with van der Waals surface area (Å²) in [6, 6.07) is 4.25. The van der Waals surface area contributed by atoms with Crippen LogP contribution in [0.4, 0.5) is 0 Å². The smallest absolute Gasteiger partial charge is 0.166 e. The van der Waals surface area contributed by atoms with Crippen molar-refractivity contribution >= 4 is 5.78 Å². The lowest BCUT2D eigenvalue weighted by Crippen LogP contribution is -2.30. The van der Waals surface area contributed by atoms with Crippen LogP contribution in [-0.2, 0) is 0 Å². The molecule has 102 valence electrons. The molecule has 19 heavy (non-hydrogen) atoms. The molecule has 1 aromatic rings. The molecule has 2 heteroatoms. The highest BCUT2D eigenvalue weighted by Gasteiger charge is 2.57. The molecule has 1 saturated carbocycles. The van der Waals surface area contributed by atoms with Gasteiger partial charge in [-0.25, -0.2) is 0 Å². The summed E-state index contributed by atoms with van der Waals surface area (Å²) >= 11 is 0. The predicted molar refractivity (Wildman–Crippen MR) is 77.6 cm³/mol. The minimum absolute atomic E-state index is 0.287. The van der Waals surface area contributed by atoms with Gasteiger partial charge in [-0.1, -0.05) is 6.07 Å². The van der Waals surface area contributed by atoms with Crippen LogP contribution in [0.25, 0.3) is 0 Å². The van der Waals surface area contributed by atoms with Crippen LogP contribution in [0.2, 0.25) is 0 Å². The van der Waals surface area contributed by atoms with E-state index >= 15 is 0 Å². The number of carbonyl (C=O) groups is 1. The highest BCUT2D eigenvalue weighted by Crippen LogP contribution is 2.59. The minimum atomic E-state index is 0.287. The van der Waals surface area contributed by atoms with Crippen molar-refractivity contribution in [2.75, 3.05) is 13.1 Å². The van der Waals surface area contributed by atoms with E-state index in [1.807, 2.05) is 0 Å². The zero-order valence-electron chi connectivity index (χ0n) is 12.2. The topological polar surface area (TPSA) is 29.1 Å². The highest BCUT2D eigenvalue weighted by atomic mass is 16.1. The molecule has 1 N–H and O–H groups in total. The summed E-state index contributed by atoms with van der Waals surface area (Å²) < 4.78 is 0. The SMILES string of the molecule is Cc1cc(C)c(C(=O)C2CC23CCNCC3)cc1C. The fraction of sp³-hybridized carbons (Fsp3) is 0.588. The molecule has 1 spiro atoms. The molecule has 0 aromatic heterocycles. The molecule has 1 aliphatic carbocycles. The third kappa shape index (κ3) is 2.12. The quantitative estimate of drug-likeness (QED) is 0.824. The fourth-order valence-electron chi connectivity index (χ4n) is 3.61. The van der Waals surface area contributed by atoms with Crippen LogP contribution in [0.15, 0.2) is 12.1 Å². The zero-order chi connectivity index (χ0) is 13.6. The summed E-state index contributed by atoms with van der Waals surface area (Å²) in [6.45, 7) is 8.43. The Morgan fingerprint density at radius 1 is 1.11 bits per heavy atom. The number of rotatable bonds is 2. The van der Waals surface area contributed by atoms with Crippen LogP contribution in [0.3, 0.4) is 0 Å².